The molecule has 24 heavy (non-hydrogen) atoms. The Bertz CT molecular complexity index is 675. The van der Waals surface area contributed by atoms with E-state index in [0.717, 1.165) is 34.9 Å². The molecule has 1 aliphatic rings. The first-order valence-electron chi connectivity index (χ1n) is 8.05. The first-order chi connectivity index (χ1) is 11.7. The van der Waals surface area contributed by atoms with Crippen LogP contribution in [0.15, 0.2) is 42.5 Å². The molecular weight excluding hydrogens is 306 g/mol. The van der Waals surface area contributed by atoms with E-state index in [-0.39, 0.29) is 6.79 Å². The van der Waals surface area contributed by atoms with Crippen LogP contribution in [-0.2, 0) is 6.54 Å². The quantitative estimate of drug-likeness (QED) is 0.846. The fourth-order valence-corrected chi connectivity index (χ4v) is 2.83. The van der Waals surface area contributed by atoms with Crippen LogP contribution in [-0.4, -0.2) is 37.5 Å². The minimum Gasteiger partial charge on any atom is -0.496 e. The fourth-order valence-electron chi connectivity index (χ4n) is 2.83. The summed E-state index contributed by atoms with van der Waals surface area (Å²) < 4.78 is 16.3. The summed E-state index contributed by atoms with van der Waals surface area (Å²) in [6.45, 7) is 1.73. The maximum atomic E-state index is 10.3. The maximum absolute atomic E-state index is 10.3. The van der Waals surface area contributed by atoms with Gasteiger partial charge in [-0.2, -0.15) is 0 Å². The first-order valence-corrected chi connectivity index (χ1v) is 8.05. The van der Waals surface area contributed by atoms with Crippen LogP contribution in [0.1, 0.15) is 23.7 Å². The van der Waals surface area contributed by atoms with Crippen LogP contribution in [0.3, 0.4) is 0 Å². The summed E-state index contributed by atoms with van der Waals surface area (Å²) >= 11 is 0. The van der Waals surface area contributed by atoms with Gasteiger partial charge in [-0.05, 0) is 25.1 Å². The van der Waals surface area contributed by atoms with Gasteiger partial charge in [0.15, 0.2) is 11.5 Å². The van der Waals surface area contributed by atoms with Crippen LogP contribution in [0.25, 0.3) is 0 Å². The number of methoxy groups -OCH3 is 1. The lowest BCUT2D eigenvalue weighted by atomic mass is 10.1. The van der Waals surface area contributed by atoms with Gasteiger partial charge < -0.3 is 24.2 Å². The molecule has 0 fully saturated rings. The average molecular weight is 329 g/mol. The molecule has 0 aromatic heterocycles. The van der Waals surface area contributed by atoms with Gasteiger partial charge in [-0.15, -0.1) is 0 Å². The number of hydrogen-bond acceptors (Lipinski definition) is 5. The maximum Gasteiger partial charge on any atom is 0.231 e. The summed E-state index contributed by atoms with van der Waals surface area (Å²) in [5.41, 5.74) is 1.99. The van der Waals surface area contributed by atoms with E-state index < -0.39 is 6.10 Å². The number of nitrogens with zero attached hydrogens (tertiary/aromatic N) is 1. The molecule has 1 N–H and O–H groups in total. The second kappa shape index (κ2) is 7.55. The Balaban J connectivity index is 1.60. The number of benzene rings is 2. The van der Waals surface area contributed by atoms with Crippen molar-refractivity contribution in [1.82, 2.24) is 4.90 Å². The van der Waals surface area contributed by atoms with E-state index in [1.165, 1.54) is 0 Å². The van der Waals surface area contributed by atoms with Crippen molar-refractivity contribution in [2.45, 2.75) is 19.1 Å². The Morgan fingerprint density at radius 3 is 2.58 bits per heavy atom. The van der Waals surface area contributed by atoms with Gasteiger partial charge in [-0.25, -0.2) is 0 Å². The summed E-state index contributed by atoms with van der Waals surface area (Å²) in [4.78, 5) is 2.16. The highest BCUT2D eigenvalue weighted by Gasteiger charge is 2.18. The summed E-state index contributed by atoms with van der Waals surface area (Å²) in [5.74, 6) is 2.26. The van der Waals surface area contributed by atoms with Crippen LogP contribution < -0.4 is 14.2 Å². The largest absolute Gasteiger partial charge is 0.496 e. The molecule has 2 aromatic rings. The summed E-state index contributed by atoms with van der Waals surface area (Å²) in [7, 11) is 3.68. The Kier molecular flexibility index (Phi) is 5.23. The molecule has 0 radical (unpaired) electrons. The molecule has 3 rings (SSSR count). The standard InChI is InChI=1S/C19H23NO4/c1-20(9-8-16(21)14-6-4-3-5-7-14)12-15-10-18-19(24-13-23-18)11-17(15)22-2/h3-7,10-11,16,21H,8-9,12-13H2,1-2H3/t16-/m1/s1. The van der Waals surface area contributed by atoms with Gasteiger partial charge in [-0.1, -0.05) is 30.3 Å². The molecule has 0 bridgehead atoms. The van der Waals surface area contributed by atoms with Gasteiger partial charge in [0.05, 0.1) is 13.2 Å². The van der Waals surface area contributed by atoms with Crippen molar-refractivity contribution in [3.63, 3.8) is 0 Å². The van der Waals surface area contributed by atoms with Crippen molar-refractivity contribution in [2.75, 3.05) is 27.5 Å². The molecule has 1 atom stereocenters. The van der Waals surface area contributed by atoms with E-state index in [1.54, 1.807) is 7.11 Å². The molecular formula is C19H23NO4. The lowest BCUT2D eigenvalue weighted by molar-refractivity contribution is 0.147. The Labute approximate surface area is 142 Å². The number of aliphatic hydroxyl groups excluding tert-OH is 1. The van der Waals surface area contributed by atoms with Gasteiger partial charge in [0.1, 0.15) is 5.75 Å². The molecule has 0 saturated carbocycles. The topological polar surface area (TPSA) is 51.2 Å². The van der Waals surface area contributed by atoms with E-state index in [9.17, 15) is 5.11 Å². The Hall–Kier alpha value is -2.24. The van der Waals surface area contributed by atoms with E-state index in [2.05, 4.69) is 4.90 Å². The molecule has 0 saturated heterocycles. The molecule has 1 aliphatic heterocycles. The van der Waals surface area contributed by atoms with Gasteiger partial charge in [0.25, 0.3) is 0 Å². The minimum atomic E-state index is -0.452. The molecule has 1 heterocycles. The monoisotopic (exact) mass is 329 g/mol. The lowest BCUT2D eigenvalue weighted by Crippen LogP contribution is -2.21. The number of rotatable bonds is 7. The summed E-state index contributed by atoms with van der Waals surface area (Å²) in [6.07, 6.45) is 0.222. The number of fused-ring (bicyclic) bond motifs is 1. The Morgan fingerprint density at radius 2 is 1.88 bits per heavy atom. The van der Waals surface area contributed by atoms with Crippen LogP contribution in [0.2, 0.25) is 0 Å². The highest BCUT2D eigenvalue weighted by molar-refractivity contribution is 5.51. The number of aliphatic hydroxyl groups is 1. The smallest absolute Gasteiger partial charge is 0.231 e. The highest BCUT2D eigenvalue weighted by Crippen LogP contribution is 2.38. The Morgan fingerprint density at radius 1 is 1.17 bits per heavy atom. The minimum absolute atomic E-state index is 0.251. The van der Waals surface area contributed by atoms with Gasteiger partial charge in [-0.3, -0.25) is 0 Å². The second-order valence-corrected chi connectivity index (χ2v) is 5.97. The third-order valence-corrected chi connectivity index (χ3v) is 4.18. The number of ether oxygens (including phenoxy) is 3. The zero-order chi connectivity index (χ0) is 16.9. The van der Waals surface area contributed by atoms with Crippen molar-refractivity contribution in [1.29, 1.82) is 0 Å². The molecule has 0 spiro atoms. The van der Waals surface area contributed by atoms with Gasteiger partial charge in [0, 0.05) is 24.7 Å². The van der Waals surface area contributed by atoms with Crippen LogP contribution >= 0.6 is 0 Å². The molecule has 0 unspecified atom stereocenters. The molecule has 0 amide bonds. The third kappa shape index (κ3) is 3.80. The molecule has 5 nitrogen and oxygen atoms in total. The highest BCUT2D eigenvalue weighted by atomic mass is 16.7. The van der Waals surface area contributed by atoms with E-state index >= 15 is 0 Å². The predicted molar refractivity (Wildman–Crippen MR) is 91.5 cm³/mol. The van der Waals surface area contributed by atoms with Crippen molar-refractivity contribution >= 4 is 0 Å². The molecule has 0 aliphatic carbocycles. The third-order valence-electron chi connectivity index (χ3n) is 4.18. The summed E-state index contributed by atoms with van der Waals surface area (Å²) in [5, 5.41) is 10.3. The van der Waals surface area contributed by atoms with Crippen LogP contribution in [0, 0.1) is 0 Å². The normalized spacial score (nSPS) is 14.0. The van der Waals surface area contributed by atoms with Crippen molar-refractivity contribution < 1.29 is 19.3 Å². The SMILES string of the molecule is COc1cc2c(cc1CN(C)CC[C@@H](O)c1ccccc1)OCO2. The molecule has 2 aromatic carbocycles. The van der Waals surface area contributed by atoms with E-state index in [1.807, 2.05) is 49.5 Å². The average Bonchev–Trinajstić information content (AvgIpc) is 3.07. The molecule has 128 valence electrons. The lowest BCUT2D eigenvalue weighted by Gasteiger charge is -2.20. The van der Waals surface area contributed by atoms with Crippen LogP contribution in [0.4, 0.5) is 0 Å². The summed E-state index contributed by atoms with van der Waals surface area (Å²) in [6, 6.07) is 13.6. The van der Waals surface area contributed by atoms with Crippen molar-refractivity contribution in [3.8, 4) is 17.2 Å². The second-order valence-electron chi connectivity index (χ2n) is 5.97. The van der Waals surface area contributed by atoms with E-state index in [0.29, 0.717) is 13.0 Å². The zero-order valence-corrected chi connectivity index (χ0v) is 14.1. The van der Waals surface area contributed by atoms with Crippen LogP contribution in [0.5, 0.6) is 17.2 Å². The van der Waals surface area contributed by atoms with Crippen molar-refractivity contribution in [2.24, 2.45) is 0 Å². The predicted octanol–water partition coefficient (Wildman–Crippen LogP) is 2.98. The number of hydrogen-bond donors (Lipinski definition) is 1. The van der Waals surface area contributed by atoms with Gasteiger partial charge >= 0.3 is 0 Å². The van der Waals surface area contributed by atoms with E-state index in [4.69, 9.17) is 14.2 Å². The van der Waals surface area contributed by atoms with Crippen molar-refractivity contribution in [3.05, 3.63) is 53.6 Å². The molecule has 5 heteroatoms. The van der Waals surface area contributed by atoms with Gasteiger partial charge in [0.2, 0.25) is 6.79 Å². The fraction of sp³-hybridized carbons (Fsp3) is 0.368. The zero-order valence-electron chi connectivity index (χ0n) is 14.1. The first kappa shape index (κ1) is 16.6.